The highest BCUT2D eigenvalue weighted by Crippen LogP contribution is 2.30. The summed E-state index contributed by atoms with van der Waals surface area (Å²) in [6.07, 6.45) is 3.60. The lowest BCUT2D eigenvalue weighted by Crippen LogP contribution is -1.97. The number of ketones is 1. The van der Waals surface area contributed by atoms with Crippen LogP contribution in [0.4, 0.5) is 0 Å². The first-order valence-electron chi connectivity index (χ1n) is 8.31. The molecule has 2 aromatic carbocycles. The molecule has 3 heteroatoms. The van der Waals surface area contributed by atoms with Crippen molar-refractivity contribution in [3.63, 3.8) is 0 Å². The molecular formula is C23H16OS2. The molecular weight excluding hydrogens is 356 g/mol. The van der Waals surface area contributed by atoms with E-state index >= 15 is 0 Å². The number of hydrogen-bond acceptors (Lipinski definition) is 3. The molecule has 4 rings (SSSR count). The van der Waals surface area contributed by atoms with Gasteiger partial charge < -0.3 is 0 Å². The number of carbonyl (C=O) groups is 1. The van der Waals surface area contributed by atoms with Gasteiger partial charge in [-0.05, 0) is 40.1 Å². The van der Waals surface area contributed by atoms with Crippen LogP contribution in [0.15, 0.2) is 89.6 Å². The number of carbonyl (C=O) groups excluding carboxylic acids is 1. The van der Waals surface area contributed by atoms with E-state index in [1.807, 2.05) is 72.1 Å². The van der Waals surface area contributed by atoms with Crippen molar-refractivity contribution in [3.8, 4) is 20.9 Å². The lowest BCUT2D eigenvalue weighted by molar-refractivity contribution is 0.104. The number of thiophene rings is 2. The van der Waals surface area contributed by atoms with Crippen molar-refractivity contribution in [2.24, 2.45) is 0 Å². The Morgan fingerprint density at radius 1 is 0.692 bits per heavy atom. The predicted octanol–water partition coefficient (Wildman–Crippen LogP) is 7.04. The van der Waals surface area contributed by atoms with Crippen LogP contribution in [0.25, 0.3) is 27.0 Å². The van der Waals surface area contributed by atoms with Crippen LogP contribution in [-0.2, 0) is 0 Å². The fraction of sp³-hybridized carbons (Fsp3) is 0. The molecule has 0 unspecified atom stereocenters. The molecule has 0 radical (unpaired) electrons. The Hall–Kier alpha value is -2.75. The van der Waals surface area contributed by atoms with Gasteiger partial charge in [0, 0.05) is 20.9 Å². The summed E-state index contributed by atoms with van der Waals surface area (Å²) in [5, 5.41) is 4.10. The van der Waals surface area contributed by atoms with E-state index in [0.29, 0.717) is 0 Å². The topological polar surface area (TPSA) is 17.1 Å². The van der Waals surface area contributed by atoms with Gasteiger partial charge in [0.05, 0.1) is 0 Å². The molecule has 2 aromatic heterocycles. The molecule has 0 amide bonds. The van der Waals surface area contributed by atoms with Gasteiger partial charge in [-0.15, -0.1) is 22.7 Å². The number of rotatable bonds is 5. The standard InChI is InChI=1S/C23H16OS2/c24-21(19-9-3-4-10-20(19)23-12-6-16-26-23)14-13-17-7-1-2-8-18(17)22-11-5-15-25-22/h1-16H/b14-13+. The molecule has 126 valence electrons. The van der Waals surface area contributed by atoms with Crippen LogP contribution in [0.2, 0.25) is 0 Å². The SMILES string of the molecule is O=C(/C=C/c1ccccc1-c1cccs1)c1ccccc1-c1cccs1. The maximum atomic E-state index is 12.9. The third-order valence-electron chi connectivity index (χ3n) is 4.14. The quantitative estimate of drug-likeness (QED) is 0.271. The fourth-order valence-corrected chi connectivity index (χ4v) is 4.44. The normalized spacial score (nSPS) is 11.1. The lowest BCUT2D eigenvalue weighted by Gasteiger charge is -2.05. The van der Waals surface area contributed by atoms with E-state index in [1.54, 1.807) is 28.7 Å². The molecule has 0 N–H and O–H groups in total. The largest absolute Gasteiger partial charge is 0.289 e. The fourth-order valence-electron chi connectivity index (χ4n) is 2.90. The molecule has 0 aliphatic rings. The molecule has 26 heavy (non-hydrogen) atoms. The van der Waals surface area contributed by atoms with Crippen LogP contribution in [0.1, 0.15) is 15.9 Å². The maximum Gasteiger partial charge on any atom is 0.186 e. The summed E-state index contributed by atoms with van der Waals surface area (Å²) in [4.78, 5) is 15.2. The van der Waals surface area contributed by atoms with Crippen molar-refractivity contribution in [1.82, 2.24) is 0 Å². The summed E-state index contributed by atoms with van der Waals surface area (Å²) >= 11 is 3.35. The van der Waals surface area contributed by atoms with Crippen molar-refractivity contribution >= 4 is 34.5 Å². The Bertz CT molecular complexity index is 1040. The first kappa shape index (κ1) is 16.7. The average molecular weight is 373 g/mol. The highest BCUT2D eigenvalue weighted by atomic mass is 32.1. The summed E-state index contributed by atoms with van der Waals surface area (Å²) in [5.74, 6) is 0.0231. The Labute approximate surface area is 160 Å². The van der Waals surface area contributed by atoms with E-state index in [4.69, 9.17) is 0 Å². The van der Waals surface area contributed by atoms with Gasteiger partial charge in [0.2, 0.25) is 0 Å². The van der Waals surface area contributed by atoms with Gasteiger partial charge in [-0.3, -0.25) is 4.79 Å². The van der Waals surface area contributed by atoms with E-state index < -0.39 is 0 Å². The molecule has 0 aliphatic carbocycles. The van der Waals surface area contributed by atoms with Gasteiger partial charge in [0.25, 0.3) is 0 Å². The first-order valence-corrected chi connectivity index (χ1v) is 10.1. The molecule has 0 bridgehead atoms. The minimum absolute atomic E-state index is 0.0231. The monoisotopic (exact) mass is 372 g/mol. The molecule has 4 aromatic rings. The summed E-state index contributed by atoms with van der Waals surface area (Å²) < 4.78 is 0. The smallest absolute Gasteiger partial charge is 0.186 e. The van der Waals surface area contributed by atoms with Gasteiger partial charge >= 0.3 is 0 Å². The van der Waals surface area contributed by atoms with Gasteiger partial charge in [0.1, 0.15) is 0 Å². The Morgan fingerprint density at radius 3 is 2.00 bits per heavy atom. The van der Waals surface area contributed by atoms with Crippen LogP contribution in [-0.4, -0.2) is 5.78 Å². The van der Waals surface area contributed by atoms with Crippen LogP contribution in [0.5, 0.6) is 0 Å². The highest BCUT2D eigenvalue weighted by Gasteiger charge is 2.11. The zero-order valence-electron chi connectivity index (χ0n) is 14.0. The molecule has 0 spiro atoms. The summed E-state index contributed by atoms with van der Waals surface area (Å²) in [6.45, 7) is 0. The third kappa shape index (κ3) is 3.45. The van der Waals surface area contributed by atoms with Crippen molar-refractivity contribution in [2.45, 2.75) is 0 Å². The zero-order valence-corrected chi connectivity index (χ0v) is 15.6. The highest BCUT2D eigenvalue weighted by molar-refractivity contribution is 7.13. The maximum absolute atomic E-state index is 12.9. The number of allylic oxidation sites excluding steroid dienone is 1. The minimum Gasteiger partial charge on any atom is -0.289 e. The predicted molar refractivity (Wildman–Crippen MR) is 113 cm³/mol. The van der Waals surface area contributed by atoms with Crippen molar-refractivity contribution < 1.29 is 4.79 Å². The van der Waals surface area contributed by atoms with Gasteiger partial charge in [-0.2, -0.15) is 0 Å². The second-order valence-electron chi connectivity index (χ2n) is 5.79. The number of benzene rings is 2. The second-order valence-corrected chi connectivity index (χ2v) is 7.68. The zero-order chi connectivity index (χ0) is 17.8. The molecule has 2 heterocycles. The van der Waals surface area contributed by atoms with E-state index in [-0.39, 0.29) is 5.78 Å². The molecule has 1 nitrogen and oxygen atoms in total. The van der Waals surface area contributed by atoms with E-state index in [9.17, 15) is 4.79 Å². The van der Waals surface area contributed by atoms with Crippen LogP contribution >= 0.6 is 22.7 Å². The molecule has 0 saturated heterocycles. The van der Waals surface area contributed by atoms with E-state index in [2.05, 4.69) is 17.5 Å². The molecule has 0 aliphatic heterocycles. The van der Waals surface area contributed by atoms with Crippen molar-refractivity contribution in [2.75, 3.05) is 0 Å². The molecule has 0 fully saturated rings. The summed E-state index contributed by atoms with van der Waals surface area (Å²) in [6, 6.07) is 24.2. The van der Waals surface area contributed by atoms with Crippen LogP contribution in [0.3, 0.4) is 0 Å². The van der Waals surface area contributed by atoms with Crippen molar-refractivity contribution in [1.29, 1.82) is 0 Å². The molecule has 0 saturated carbocycles. The Kier molecular flexibility index (Phi) is 4.91. The minimum atomic E-state index is 0.0231. The van der Waals surface area contributed by atoms with Gasteiger partial charge in [0.15, 0.2) is 5.78 Å². The Morgan fingerprint density at radius 2 is 1.31 bits per heavy atom. The van der Waals surface area contributed by atoms with Crippen LogP contribution in [0, 0.1) is 0 Å². The van der Waals surface area contributed by atoms with Crippen molar-refractivity contribution in [3.05, 3.63) is 101 Å². The van der Waals surface area contributed by atoms with Gasteiger partial charge in [-0.25, -0.2) is 0 Å². The average Bonchev–Trinajstić information content (AvgIpc) is 3.40. The summed E-state index contributed by atoms with van der Waals surface area (Å²) in [7, 11) is 0. The third-order valence-corrected chi connectivity index (χ3v) is 5.95. The van der Waals surface area contributed by atoms with Gasteiger partial charge in [-0.1, -0.05) is 66.7 Å². The summed E-state index contributed by atoms with van der Waals surface area (Å²) in [5.41, 5.74) is 3.93. The Balaban J connectivity index is 1.67. The van der Waals surface area contributed by atoms with E-state index in [0.717, 1.165) is 27.1 Å². The van der Waals surface area contributed by atoms with Crippen LogP contribution < -0.4 is 0 Å². The second kappa shape index (κ2) is 7.65. The number of hydrogen-bond donors (Lipinski definition) is 0. The lowest BCUT2D eigenvalue weighted by atomic mass is 10.0. The first-order chi connectivity index (χ1) is 12.8. The molecule has 0 atom stereocenters. The van der Waals surface area contributed by atoms with E-state index in [1.165, 1.54) is 4.88 Å².